The number of hydrogen-bond acceptors (Lipinski definition) is 4. The molecule has 1 heterocycles. The first kappa shape index (κ1) is 18.4. The number of sulfone groups is 1. The number of carbonyl (C=O) groups is 1. The van der Waals surface area contributed by atoms with Gasteiger partial charge in [0.25, 0.3) is 5.91 Å². The molecule has 7 heteroatoms. The van der Waals surface area contributed by atoms with E-state index in [1.54, 1.807) is 6.20 Å². The number of nitrogens with one attached hydrogen (secondary N) is 1. The van der Waals surface area contributed by atoms with Crippen molar-refractivity contribution in [3.8, 4) is 0 Å². The molecule has 1 N–H and O–H groups in total. The minimum Gasteiger partial charge on any atom is -0.352 e. The Labute approximate surface area is 156 Å². The van der Waals surface area contributed by atoms with E-state index in [4.69, 9.17) is 11.6 Å². The molecule has 1 aromatic heterocycles. The van der Waals surface area contributed by atoms with Crippen molar-refractivity contribution in [2.75, 3.05) is 12.8 Å². The van der Waals surface area contributed by atoms with Crippen molar-refractivity contribution in [3.63, 3.8) is 0 Å². The van der Waals surface area contributed by atoms with Crippen LogP contribution in [-0.2, 0) is 16.3 Å². The van der Waals surface area contributed by atoms with Crippen molar-refractivity contribution in [2.24, 2.45) is 0 Å². The second kappa shape index (κ2) is 7.43. The van der Waals surface area contributed by atoms with Gasteiger partial charge in [-0.15, -0.1) is 0 Å². The van der Waals surface area contributed by atoms with Crippen LogP contribution in [0.15, 0.2) is 59.6 Å². The van der Waals surface area contributed by atoms with Crippen LogP contribution in [0, 0.1) is 0 Å². The summed E-state index contributed by atoms with van der Waals surface area (Å²) in [4.78, 5) is 16.8. The predicted octanol–water partition coefficient (Wildman–Crippen LogP) is 3.26. The van der Waals surface area contributed by atoms with Gasteiger partial charge >= 0.3 is 0 Å². The number of para-hydroxylation sites is 1. The molecule has 26 heavy (non-hydrogen) atoms. The highest BCUT2D eigenvalue weighted by Crippen LogP contribution is 2.21. The van der Waals surface area contributed by atoms with Gasteiger partial charge in [0.1, 0.15) is 0 Å². The average Bonchev–Trinajstić information content (AvgIpc) is 2.61. The number of fused-ring (bicyclic) bond motifs is 1. The Balaban J connectivity index is 1.73. The van der Waals surface area contributed by atoms with E-state index in [9.17, 15) is 13.2 Å². The van der Waals surface area contributed by atoms with Crippen LogP contribution in [-0.4, -0.2) is 32.1 Å². The smallest absolute Gasteiger partial charge is 0.252 e. The van der Waals surface area contributed by atoms with Gasteiger partial charge in [0.15, 0.2) is 9.84 Å². The molecule has 0 aliphatic carbocycles. The van der Waals surface area contributed by atoms with Gasteiger partial charge in [-0.1, -0.05) is 35.9 Å². The number of aromatic nitrogens is 1. The molecule has 0 radical (unpaired) electrons. The summed E-state index contributed by atoms with van der Waals surface area (Å²) in [5, 5.41) is 4.04. The van der Waals surface area contributed by atoms with Gasteiger partial charge in [-0.05, 0) is 36.2 Å². The molecule has 0 spiro atoms. The number of halogens is 1. The predicted molar refractivity (Wildman–Crippen MR) is 102 cm³/mol. The van der Waals surface area contributed by atoms with Crippen LogP contribution < -0.4 is 5.32 Å². The molecule has 0 saturated heterocycles. The molecular weight excluding hydrogens is 372 g/mol. The van der Waals surface area contributed by atoms with Crippen LogP contribution >= 0.6 is 11.6 Å². The molecule has 3 aromatic rings. The molecule has 0 fully saturated rings. The lowest BCUT2D eigenvalue weighted by Crippen LogP contribution is -2.26. The third-order valence-corrected chi connectivity index (χ3v) is 5.45. The maximum atomic E-state index is 12.4. The van der Waals surface area contributed by atoms with Crippen molar-refractivity contribution in [1.29, 1.82) is 0 Å². The molecule has 0 atom stereocenters. The van der Waals surface area contributed by atoms with E-state index >= 15 is 0 Å². The highest BCUT2D eigenvalue weighted by atomic mass is 35.5. The molecule has 3 rings (SSSR count). The number of rotatable bonds is 5. The lowest BCUT2D eigenvalue weighted by atomic mass is 10.1. The van der Waals surface area contributed by atoms with Crippen LogP contribution in [0.5, 0.6) is 0 Å². The van der Waals surface area contributed by atoms with E-state index < -0.39 is 15.7 Å². The summed E-state index contributed by atoms with van der Waals surface area (Å²) in [5.41, 5.74) is 2.08. The second-order valence-electron chi connectivity index (χ2n) is 5.91. The van der Waals surface area contributed by atoms with E-state index in [-0.39, 0.29) is 15.5 Å². The summed E-state index contributed by atoms with van der Waals surface area (Å²) in [5.74, 6) is -0.409. The van der Waals surface area contributed by atoms with Gasteiger partial charge < -0.3 is 5.32 Å². The Morgan fingerprint density at radius 2 is 1.92 bits per heavy atom. The van der Waals surface area contributed by atoms with Gasteiger partial charge in [-0.2, -0.15) is 0 Å². The van der Waals surface area contributed by atoms with E-state index in [2.05, 4.69) is 10.3 Å². The summed E-state index contributed by atoms with van der Waals surface area (Å²) in [6.07, 6.45) is 3.43. The number of nitrogens with zero attached hydrogens (tertiary/aromatic N) is 1. The first-order chi connectivity index (χ1) is 12.4. The lowest BCUT2D eigenvalue weighted by molar-refractivity contribution is 0.0954. The fourth-order valence-electron chi connectivity index (χ4n) is 2.68. The molecule has 0 bridgehead atoms. The van der Waals surface area contributed by atoms with Crippen molar-refractivity contribution >= 4 is 38.2 Å². The lowest BCUT2D eigenvalue weighted by Gasteiger charge is -2.09. The number of benzene rings is 2. The number of hydrogen-bond donors (Lipinski definition) is 1. The highest BCUT2D eigenvalue weighted by Gasteiger charge is 2.15. The van der Waals surface area contributed by atoms with Crippen LogP contribution in [0.25, 0.3) is 10.9 Å². The van der Waals surface area contributed by atoms with Crippen LogP contribution in [0.2, 0.25) is 5.02 Å². The van der Waals surface area contributed by atoms with E-state index in [1.807, 2.05) is 30.3 Å². The number of amides is 1. The number of carbonyl (C=O) groups excluding carboxylic acids is 1. The zero-order chi connectivity index (χ0) is 18.7. The van der Waals surface area contributed by atoms with Gasteiger partial charge in [0.2, 0.25) is 0 Å². The van der Waals surface area contributed by atoms with Crippen LogP contribution in [0.4, 0.5) is 0 Å². The van der Waals surface area contributed by atoms with Crippen LogP contribution in [0.3, 0.4) is 0 Å². The summed E-state index contributed by atoms with van der Waals surface area (Å²) < 4.78 is 23.3. The van der Waals surface area contributed by atoms with Crippen LogP contribution in [0.1, 0.15) is 15.9 Å². The molecule has 5 nitrogen and oxygen atoms in total. The van der Waals surface area contributed by atoms with Crippen molar-refractivity contribution < 1.29 is 13.2 Å². The van der Waals surface area contributed by atoms with Gasteiger partial charge in [-0.3, -0.25) is 9.78 Å². The summed E-state index contributed by atoms with van der Waals surface area (Å²) in [6, 6.07) is 13.9. The van der Waals surface area contributed by atoms with Gasteiger partial charge in [0, 0.05) is 24.4 Å². The van der Waals surface area contributed by atoms with Crippen molar-refractivity contribution in [1.82, 2.24) is 10.3 Å². The van der Waals surface area contributed by atoms with Gasteiger partial charge in [-0.25, -0.2) is 8.42 Å². The largest absolute Gasteiger partial charge is 0.352 e. The monoisotopic (exact) mass is 388 g/mol. The summed E-state index contributed by atoms with van der Waals surface area (Å²) >= 11 is 6.05. The van der Waals surface area contributed by atoms with Crippen molar-refractivity contribution in [2.45, 2.75) is 11.3 Å². The number of pyridine rings is 1. The zero-order valence-corrected chi connectivity index (χ0v) is 15.6. The van der Waals surface area contributed by atoms with E-state index in [0.717, 1.165) is 22.7 Å². The quantitative estimate of drug-likeness (QED) is 0.727. The summed E-state index contributed by atoms with van der Waals surface area (Å²) in [6.45, 7) is 0.383. The Hall–Kier alpha value is -2.44. The minimum atomic E-state index is -3.41. The molecule has 0 aliphatic heterocycles. The Kier molecular flexibility index (Phi) is 5.25. The van der Waals surface area contributed by atoms with Crippen molar-refractivity contribution in [3.05, 3.63) is 70.9 Å². The fraction of sp³-hybridized carbons (Fsp3) is 0.158. The zero-order valence-electron chi connectivity index (χ0n) is 14.1. The van der Waals surface area contributed by atoms with Gasteiger partial charge in [0.05, 0.1) is 21.0 Å². The maximum Gasteiger partial charge on any atom is 0.252 e. The molecule has 2 aromatic carbocycles. The SMILES string of the molecule is CS(=O)(=O)c1ccc(Cl)c(C(=O)NCCc2cccc3cccnc23)c1. The first-order valence-electron chi connectivity index (χ1n) is 7.97. The first-order valence-corrected chi connectivity index (χ1v) is 10.2. The highest BCUT2D eigenvalue weighted by molar-refractivity contribution is 7.90. The molecule has 1 amide bonds. The molecule has 0 unspecified atom stereocenters. The fourth-order valence-corrected chi connectivity index (χ4v) is 3.53. The third kappa shape index (κ3) is 4.03. The topological polar surface area (TPSA) is 76.1 Å². The molecule has 134 valence electrons. The standard InChI is InChI=1S/C19H17ClN2O3S/c1-26(24,25)15-7-8-17(20)16(12-15)19(23)22-11-9-14-5-2-4-13-6-3-10-21-18(13)14/h2-8,10,12H,9,11H2,1H3,(H,22,23). The Morgan fingerprint density at radius 1 is 1.15 bits per heavy atom. The molecular formula is C19H17ClN2O3S. The Bertz CT molecular complexity index is 1080. The maximum absolute atomic E-state index is 12.4. The summed E-state index contributed by atoms with van der Waals surface area (Å²) in [7, 11) is -3.41. The third-order valence-electron chi connectivity index (χ3n) is 4.01. The second-order valence-corrected chi connectivity index (χ2v) is 8.33. The molecule has 0 saturated carbocycles. The van der Waals surface area contributed by atoms with E-state index in [0.29, 0.717) is 13.0 Å². The minimum absolute atomic E-state index is 0.0605. The average molecular weight is 389 g/mol. The molecule has 0 aliphatic rings. The normalized spacial score (nSPS) is 11.5. The Morgan fingerprint density at radius 3 is 2.69 bits per heavy atom. The van der Waals surface area contributed by atoms with E-state index in [1.165, 1.54) is 18.2 Å².